The van der Waals surface area contributed by atoms with E-state index in [4.69, 9.17) is 13.3 Å². The molecule has 0 saturated carbocycles. The van der Waals surface area contributed by atoms with Crippen LogP contribution in [0.25, 0.3) is 116 Å². The first-order chi connectivity index (χ1) is 32.2. The van der Waals surface area contributed by atoms with Crippen LogP contribution < -0.4 is 4.90 Å². The highest BCUT2D eigenvalue weighted by Gasteiger charge is 2.26. The minimum Gasteiger partial charge on any atom is -0.456 e. The molecule has 4 heterocycles. The van der Waals surface area contributed by atoms with E-state index >= 15 is 0 Å². The van der Waals surface area contributed by atoms with E-state index in [0.717, 1.165) is 127 Å². The molecular formula is C60H36N2O3. The van der Waals surface area contributed by atoms with E-state index in [1.165, 1.54) is 5.39 Å². The number of anilines is 3. The zero-order valence-corrected chi connectivity index (χ0v) is 34.9. The van der Waals surface area contributed by atoms with E-state index in [1.54, 1.807) is 0 Å². The van der Waals surface area contributed by atoms with Crippen molar-refractivity contribution in [2.75, 3.05) is 4.90 Å². The van der Waals surface area contributed by atoms with E-state index in [2.05, 4.69) is 204 Å². The maximum Gasteiger partial charge on any atom is 0.143 e. The number of para-hydroxylation sites is 6. The Hall–Kier alpha value is -8.80. The van der Waals surface area contributed by atoms with Gasteiger partial charge in [0.1, 0.15) is 33.5 Å². The fraction of sp³-hybridized carbons (Fsp3) is 0. The van der Waals surface area contributed by atoms with Gasteiger partial charge < -0.3 is 22.7 Å². The monoisotopic (exact) mass is 832 g/mol. The average Bonchev–Trinajstić information content (AvgIpc) is 4.13. The lowest BCUT2D eigenvalue weighted by molar-refractivity contribution is 0.668. The molecule has 0 radical (unpaired) electrons. The summed E-state index contributed by atoms with van der Waals surface area (Å²) in [4.78, 5) is 2.32. The smallest absolute Gasteiger partial charge is 0.143 e. The summed E-state index contributed by atoms with van der Waals surface area (Å²) in [6.07, 6.45) is 0. The molecule has 0 aliphatic carbocycles. The molecule has 10 aromatic carbocycles. The first kappa shape index (κ1) is 35.8. The molecule has 0 aliphatic heterocycles. The summed E-state index contributed by atoms with van der Waals surface area (Å²) >= 11 is 0. The summed E-state index contributed by atoms with van der Waals surface area (Å²) in [6, 6.07) is 77.2. The van der Waals surface area contributed by atoms with Gasteiger partial charge in [-0.25, -0.2) is 0 Å². The van der Waals surface area contributed by atoms with Gasteiger partial charge in [0, 0.05) is 88.6 Å². The molecule has 0 N–H and O–H groups in total. The summed E-state index contributed by atoms with van der Waals surface area (Å²) in [5.74, 6) is 0. The van der Waals surface area contributed by atoms with Gasteiger partial charge in [0.25, 0.3) is 0 Å². The van der Waals surface area contributed by atoms with Gasteiger partial charge in [-0.3, -0.25) is 0 Å². The van der Waals surface area contributed by atoms with E-state index < -0.39 is 0 Å². The van der Waals surface area contributed by atoms with Crippen LogP contribution in [0.15, 0.2) is 232 Å². The highest BCUT2D eigenvalue weighted by molar-refractivity contribution is 6.28. The van der Waals surface area contributed by atoms with Crippen molar-refractivity contribution in [3.63, 3.8) is 0 Å². The summed E-state index contributed by atoms with van der Waals surface area (Å²) in [5, 5.41) is 8.90. The first-order valence-electron chi connectivity index (χ1n) is 22.0. The van der Waals surface area contributed by atoms with Gasteiger partial charge in [-0.15, -0.1) is 0 Å². The van der Waals surface area contributed by atoms with Crippen molar-refractivity contribution in [1.82, 2.24) is 4.57 Å². The maximum absolute atomic E-state index is 6.77. The summed E-state index contributed by atoms with van der Waals surface area (Å²) in [6.45, 7) is 0. The Balaban J connectivity index is 1.06. The quantitative estimate of drug-likeness (QED) is 0.167. The maximum atomic E-state index is 6.77. The summed E-state index contributed by atoms with van der Waals surface area (Å²) in [5.41, 5.74) is 15.9. The van der Waals surface area contributed by atoms with Crippen LogP contribution in [0.5, 0.6) is 0 Å². The van der Waals surface area contributed by atoms with Crippen LogP contribution in [0.4, 0.5) is 17.1 Å². The van der Waals surface area contributed by atoms with E-state index in [0.29, 0.717) is 0 Å². The summed E-state index contributed by atoms with van der Waals surface area (Å²) < 4.78 is 22.2. The van der Waals surface area contributed by atoms with Crippen LogP contribution in [-0.4, -0.2) is 4.57 Å². The van der Waals surface area contributed by atoms with Crippen LogP contribution in [0.2, 0.25) is 0 Å². The fourth-order valence-corrected chi connectivity index (χ4v) is 10.4. The lowest BCUT2D eigenvalue weighted by Gasteiger charge is -2.26. The molecule has 0 atom stereocenters. The number of nitrogens with zero attached hydrogens (tertiary/aromatic N) is 2. The number of hydrogen-bond donors (Lipinski definition) is 0. The highest BCUT2D eigenvalue weighted by Crippen LogP contribution is 2.49. The van der Waals surface area contributed by atoms with Crippen molar-refractivity contribution >= 4 is 105 Å². The minimum atomic E-state index is 0.844. The molecule has 0 amide bonds. The molecule has 14 aromatic rings. The van der Waals surface area contributed by atoms with E-state index in [1.807, 2.05) is 24.3 Å². The number of benzene rings is 10. The number of furan rings is 3. The molecule has 4 aromatic heterocycles. The highest BCUT2D eigenvalue weighted by atomic mass is 16.3. The van der Waals surface area contributed by atoms with Crippen molar-refractivity contribution in [3.8, 4) is 27.9 Å². The Labute approximate surface area is 372 Å². The second kappa shape index (κ2) is 13.9. The van der Waals surface area contributed by atoms with E-state index in [9.17, 15) is 0 Å². The SMILES string of the molecule is c1ccc(-c2c3c(cc4c2c2cccc(-c5cccc6c5oc5ccccc56)c2n4-c2ccc(N(c4ccccc4)c4ccc5oc6ccccc6c5c4)cc2)oc2ccccc23)cc1. The Morgan fingerprint density at radius 1 is 0.338 bits per heavy atom. The van der Waals surface area contributed by atoms with Crippen molar-refractivity contribution < 1.29 is 13.3 Å². The van der Waals surface area contributed by atoms with Crippen LogP contribution in [0.3, 0.4) is 0 Å². The number of hydrogen-bond acceptors (Lipinski definition) is 4. The first-order valence-corrected chi connectivity index (χ1v) is 22.0. The molecule has 5 heteroatoms. The molecule has 0 saturated heterocycles. The molecule has 5 nitrogen and oxygen atoms in total. The van der Waals surface area contributed by atoms with Gasteiger partial charge in [0.05, 0.1) is 11.0 Å². The summed E-state index contributed by atoms with van der Waals surface area (Å²) in [7, 11) is 0. The minimum absolute atomic E-state index is 0.844. The molecule has 304 valence electrons. The van der Waals surface area contributed by atoms with Gasteiger partial charge in [0.2, 0.25) is 0 Å². The topological polar surface area (TPSA) is 47.6 Å². The molecule has 0 aliphatic rings. The van der Waals surface area contributed by atoms with Gasteiger partial charge >= 0.3 is 0 Å². The Morgan fingerprint density at radius 3 is 1.66 bits per heavy atom. The van der Waals surface area contributed by atoms with Crippen LogP contribution in [-0.2, 0) is 0 Å². The normalized spacial score (nSPS) is 12.0. The second-order valence-corrected chi connectivity index (χ2v) is 16.8. The fourth-order valence-electron chi connectivity index (χ4n) is 10.4. The zero-order chi connectivity index (χ0) is 42.6. The second-order valence-electron chi connectivity index (χ2n) is 16.8. The third-order valence-corrected chi connectivity index (χ3v) is 13.2. The molecule has 0 unspecified atom stereocenters. The van der Waals surface area contributed by atoms with Crippen LogP contribution in [0, 0.1) is 0 Å². The molecule has 0 spiro atoms. The van der Waals surface area contributed by atoms with Gasteiger partial charge in [-0.1, -0.05) is 140 Å². The predicted molar refractivity (Wildman–Crippen MR) is 268 cm³/mol. The lowest BCUT2D eigenvalue weighted by atomic mass is 9.93. The Kier molecular flexibility index (Phi) is 7.62. The van der Waals surface area contributed by atoms with Gasteiger partial charge in [0.15, 0.2) is 0 Å². The van der Waals surface area contributed by atoms with Crippen LogP contribution in [0.1, 0.15) is 0 Å². The van der Waals surface area contributed by atoms with E-state index in [-0.39, 0.29) is 0 Å². The third kappa shape index (κ3) is 5.33. The molecule has 0 bridgehead atoms. The molecular weight excluding hydrogens is 797 g/mol. The van der Waals surface area contributed by atoms with Crippen molar-refractivity contribution in [1.29, 1.82) is 0 Å². The standard InChI is InChI=1S/C60H36N2O3/c1-3-15-37(16-4-1)56-57-48-25-13-22-44(46-24-14-23-45-42-19-7-11-27-52(42)65-60(45)46)59(48)62(50(57)36-55-58(56)47-21-9-12-28-53(47)64-55)40-31-29-39(30-32-40)61(38-17-5-2-6-18-38)41-33-34-54-49(35-41)43-20-8-10-26-51(43)63-54/h1-36H. The number of fused-ring (bicyclic) bond motifs is 12. The molecule has 14 rings (SSSR count). The Bertz CT molecular complexity index is 4170. The number of rotatable bonds is 6. The predicted octanol–water partition coefficient (Wildman–Crippen LogP) is 17.3. The van der Waals surface area contributed by atoms with Gasteiger partial charge in [-0.2, -0.15) is 0 Å². The Morgan fingerprint density at radius 2 is 0.892 bits per heavy atom. The van der Waals surface area contributed by atoms with Crippen molar-refractivity contribution in [2.24, 2.45) is 0 Å². The third-order valence-electron chi connectivity index (χ3n) is 13.2. The number of aromatic nitrogens is 1. The van der Waals surface area contributed by atoms with Gasteiger partial charge in [-0.05, 0) is 78.4 Å². The lowest BCUT2D eigenvalue weighted by Crippen LogP contribution is -2.10. The molecule has 65 heavy (non-hydrogen) atoms. The van der Waals surface area contributed by atoms with Crippen LogP contribution >= 0.6 is 0 Å². The molecule has 0 fully saturated rings. The van der Waals surface area contributed by atoms with Crippen molar-refractivity contribution in [3.05, 3.63) is 218 Å². The largest absolute Gasteiger partial charge is 0.456 e. The zero-order valence-electron chi connectivity index (χ0n) is 34.9. The average molecular weight is 833 g/mol. The van der Waals surface area contributed by atoms with Crippen molar-refractivity contribution in [2.45, 2.75) is 0 Å².